The molecule has 2 N–H and O–H groups in total. The average Bonchev–Trinajstić information content (AvgIpc) is 3.15. The van der Waals surface area contributed by atoms with E-state index in [1.807, 2.05) is 67.6 Å². The van der Waals surface area contributed by atoms with Crippen molar-refractivity contribution in [2.24, 2.45) is 0 Å². The summed E-state index contributed by atoms with van der Waals surface area (Å²) < 4.78 is 11.3. The van der Waals surface area contributed by atoms with Crippen LogP contribution in [0.1, 0.15) is 15.9 Å². The van der Waals surface area contributed by atoms with Gasteiger partial charge in [-0.1, -0.05) is 29.8 Å². The summed E-state index contributed by atoms with van der Waals surface area (Å²) in [5.41, 5.74) is 5.00. The number of aryl methyl sites for hydroxylation is 1. The molecule has 0 atom stereocenters. The Morgan fingerprint density at radius 3 is 2.55 bits per heavy atom. The molecule has 144 valence electrons. The summed E-state index contributed by atoms with van der Waals surface area (Å²) in [5, 5.41) is 2.95. The number of nitrogens with zero attached hydrogens (tertiary/aromatic N) is 1. The van der Waals surface area contributed by atoms with Crippen molar-refractivity contribution in [1.82, 2.24) is 9.97 Å². The van der Waals surface area contributed by atoms with Gasteiger partial charge < -0.3 is 19.8 Å². The van der Waals surface area contributed by atoms with Crippen molar-refractivity contribution < 1.29 is 14.3 Å². The number of ether oxygens (including phenoxy) is 2. The monoisotopic (exact) mass is 385 g/mol. The lowest BCUT2D eigenvalue weighted by Crippen LogP contribution is -2.15. The number of fused-ring (bicyclic) bond motifs is 2. The van der Waals surface area contributed by atoms with E-state index in [0.29, 0.717) is 36.0 Å². The number of hydrogen-bond acceptors (Lipinski definition) is 4. The van der Waals surface area contributed by atoms with E-state index in [2.05, 4.69) is 15.3 Å². The maximum atomic E-state index is 12.5. The summed E-state index contributed by atoms with van der Waals surface area (Å²) in [5.74, 6) is 2.00. The Bertz CT molecular complexity index is 1170. The highest BCUT2D eigenvalue weighted by atomic mass is 16.6. The third-order valence-electron chi connectivity index (χ3n) is 4.85. The third-order valence-corrected chi connectivity index (χ3v) is 4.85. The van der Waals surface area contributed by atoms with Gasteiger partial charge in [-0.25, -0.2) is 4.98 Å². The Balaban J connectivity index is 1.43. The van der Waals surface area contributed by atoms with Gasteiger partial charge in [0.15, 0.2) is 11.5 Å². The number of rotatable bonds is 3. The van der Waals surface area contributed by atoms with Gasteiger partial charge in [0.05, 0.1) is 11.0 Å². The van der Waals surface area contributed by atoms with E-state index in [1.165, 1.54) is 0 Å². The smallest absolute Gasteiger partial charge is 0.255 e. The fraction of sp³-hybridized carbons (Fsp3) is 0.130. The van der Waals surface area contributed by atoms with E-state index in [4.69, 9.17) is 9.47 Å². The van der Waals surface area contributed by atoms with Gasteiger partial charge in [-0.15, -0.1) is 0 Å². The number of nitrogens with one attached hydrogen (secondary N) is 2. The first kappa shape index (κ1) is 17.3. The zero-order valence-corrected chi connectivity index (χ0v) is 15.9. The first-order valence-corrected chi connectivity index (χ1v) is 9.43. The van der Waals surface area contributed by atoms with Gasteiger partial charge in [-0.05, 0) is 31.2 Å². The van der Waals surface area contributed by atoms with Crippen LogP contribution >= 0.6 is 0 Å². The van der Waals surface area contributed by atoms with E-state index in [-0.39, 0.29) is 5.91 Å². The summed E-state index contributed by atoms with van der Waals surface area (Å²) in [6, 6.07) is 18.9. The number of imidazole rings is 1. The summed E-state index contributed by atoms with van der Waals surface area (Å²) in [6.45, 7) is 3.08. The third kappa shape index (κ3) is 3.40. The Kier molecular flexibility index (Phi) is 4.17. The van der Waals surface area contributed by atoms with Crippen LogP contribution in [0.2, 0.25) is 0 Å². The molecule has 6 heteroatoms. The van der Waals surface area contributed by atoms with Crippen molar-refractivity contribution in [3.63, 3.8) is 0 Å². The van der Waals surface area contributed by atoms with E-state index in [1.54, 1.807) is 0 Å². The molecule has 1 aliphatic rings. The molecule has 0 bridgehead atoms. The van der Waals surface area contributed by atoms with Crippen LogP contribution in [-0.4, -0.2) is 29.1 Å². The summed E-state index contributed by atoms with van der Waals surface area (Å²) in [7, 11) is 0. The molecule has 0 radical (unpaired) electrons. The van der Waals surface area contributed by atoms with Gasteiger partial charge in [0.25, 0.3) is 5.91 Å². The number of aromatic amines is 1. The summed E-state index contributed by atoms with van der Waals surface area (Å²) in [6.07, 6.45) is 0. The zero-order valence-electron chi connectivity index (χ0n) is 15.9. The maximum Gasteiger partial charge on any atom is 0.255 e. The lowest BCUT2D eigenvalue weighted by Gasteiger charge is -2.17. The molecule has 0 saturated carbocycles. The van der Waals surface area contributed by atoms with Crippen molar-refractivity contribution in [3.05, 3.63) is 71.8 Å². The molecule has 0 spiro atoms. The second-order valence-electron chi connectivity index (χ2n) is 7.00. The number of H-pyrrole nitrogens is 1. The van der Waals surface area contributed by atoms with Crippen molar-refractivity contribution in [2.45, 2.75) is 6.92 Å². The minimum Gasteiger partial charge on any atom is -0.486 e. The van der Waals surface area contributed by atoms with Crippen LogP contribution in [0.15, 0.2) is 60.7 Å². The number of carbonyl (C=O) groups is 1. The Morgan fingerprint density at radius 2 is 1.76 bits per heavy atom. The largest absolute Gasteiger partial charge is 0.486 e. The lowest BCUT2D eigenvalue weighted by molar-refractivity contribution is 0.102. The number of carbonyl (C=O) groups excluding carboxylic acids is 1. The fourth-order valence-corrected chi connectivity index (χ4v) is 3.34. The summed E-state index contributed by atoms with van der Waals surface area (Å²) >= 11 is 0. The Morgan fingerprint density at radius 1 is 1.00 bits per heavy atom. The van der Waals surface area contributed by atoms with Crippen LogP contribution in [0, 0.1) is 6.92 Å². The quantitative estimate of drug-likeness (QED) is 0.542. The van der Waals surface area contributed by atoms with Crippen LogP contribution in [0.25, 0.3) is 22.4 Å². The van der Waals surface area contributed by atoms with Crippen molar-refractivity contribution >= 4 is 22.6 Å². The Hall–Kier alpha value is -3.80. The molecule has 0 aliphatic carbocycles. The molecule has 0 unspecified atom stereocenters. The molecular weight excluding hydrogens is 366 g/mol. The van der Waals surface area contributed by atoms with Crippen molar-refractivity contribution in [3.8, 4) is 22.9 Å². The molecule has 29 heavy (non-hydrogen) atoms. The van der Waals surface area contributed by atoms with Gasteiger partial charge >= 0.3 is 0 Å². The van der Waals surface area contributed by atoms with Crippen molar-refractivity contribution in [2.75, 3.05) is 18.5 Å². The molecule has 1 aliphatic heterocycles. The van der Waals surface area contributed by atoms with Crippen LogP contribution in [0.4, 0.5) is 5.69 Å². The number of hydrogen-bond donors (Lipinski definition) is 2. The topological polar surface area (TPSA) is 76.2 Å². The van der Waals surface area contributed by atoms with E-state index in [0.717, 1.165) is 27.9 Å². The molecule has 0 fully saturated rings. The SMILES string of the molecule is Cc1ccc(C(=O)Nc2cccc(-c3nc4cc5c(cc4[nH]3)OCCO5)c2)cc1. The number of aromatic nitrogens is 2. The van der Waals surface area contributed by atoms with Gasteiger partial charge in [-0.2, -0.15) is 0 Å². The van der Waals surface area contributed by atoms with E-state index >= 15 is 0 Å². The highest BCUT2D eigenvalue weighted by Gasteiger charge is 2.15. The molecule has 6 nitrogen and oxygen atoms in total. The van der Waals surface area contributed by atoms with Crippen LogP contribution in [0.5, 0.6) is 11.5 Å². The van der Waals surface area contributed by atoms with Gasteiger partial charge in [0, 0.05) is 28.9 Å². The normalized spacial score (nSPS) is 12.7. The van der Waals surface area contributed by atoms with Crippen LogP contribution in [0.3, 0.4) is 0 Å². The van der Waals surface area contributed by atoms with E-state index in [9.17, 15) is 4.79 Å². The summed E-state index contributed by atoms with van der Waals surface area (Å²) in [4.78, 5) is 20.5. The maximum absolute atomic E-state index is 12.5. The molecule has 5 rings (SSSR count). The zero-order chi connectivity index (χ0) is 19.8. The number of amides is 1. The molecular formula is C23H19N3O3. The van der Waals surface area contributed by atoms with Crippen LogP contribution < -0.4 is 14.8 Å². The highest BCUT2D eigenvalue weighted by Crippen LogP contribution is 2.35. The Labute approximate surface area is 167 Å². The van der Waals surface area contributed by atoms with Crippen molar-refractivity contribution in [1.29, 1.82) is 0 Å². The average molecular weight is 385 g/mol. The number of benzene rings is 3. The van der Waals surface area contributed by atoms with Gasteiger partial charge in [0.1, 0.15) is 19.0 Å². The molecule has 1 amide bonds. The second-order valence-corrected chi connectivity index (χ2v) is 7.00. The predicted molar refractivity (Wildman–Crippen MR) is 112 cm³/mol. The predicted octanol–water partition coefficient (Wildman–Crippen LogP) is 4.56. The van der Waals surface area contributed by atoms with E-state index < -0.39 is 0 Å². The number of anilines is 1. The minimum absolute atomic E-state index is 0.145. The van der Waals surface area contributed by atoms with Crippen LogP contribution in [-0.2, 0) is 0 Å². The molecule has 3 aromatic carbocycles. The van der Waals surface area contributed by atoms with Gasteiger partial charge in [0.2, 0.25) is 0 Å². The first-order chi connectivity index (χ1) is 14.2. The molecule has 1 aromatic heterocycles. The lowest BCUT2D eigenvalue weighted by atomic mass is 10.1. The molecule has 0 saturated heterocycles. The minimum atomic E-state index is -0.145. The first-order valence-electron chi connectivity index (χ1n) is 9.43. The molecule has 2 heterocycles. The van der Waals surface area contributed by atoms with Gasteiger partial charge in [-0.3, -0.25) is 4.79 Å². The fourth-order valence-electron chi connectivity index (χ4n) is 3.34. The standard InChI is InChI=1S/C23H19N3O3/c1-14-5-7-15(8-6-14)23(27)24-17-4-2-3-16(11-17)22-25-18-12-20-21(13-19(18)26-22)29-10-9-28-20/h2-8,11-13H,9-10H2,1H3,(H,24,27)(H,25,26). The molecule has 4 aromatic rings. The second kappa shape index (κ2) is 6.98. The highest BCUT2D eigenvalue weighted by molar-refractivity contribution is 6.04.